The average Bonchev–Trinajstić information content (AvgIpc) is 3.13. The zero-order chi connectivity index (χ0) is 19.3. The molecule has 144 valence electrons. The average molecular weight is 388 g/mol. The fraction of sp³-hybridized carbons (Fsp3) is 0.474. The molecular formula is C19H24N4O3S. The Morgan fingerprint density at radius 3 is 2.37 bits per heavy atom. The number of aryl methyl sites for hydroxylation is 2. The molecular weight excluding hydrogens is 364 g/mol. The molecule has 0 unspecified atom stereocenters. The SMILES string of the molecule is Cc1cc(C)n(-c2ccc(C(=O)N3CCN(C)[C@@H]4CS(=O)(=O)C[C@@H]43)cc2)n1. The van der Waals surface area contributed by atoms with Crippen LogP contribution in [0.4, 0.5) is 0 Å². The monoisotopic (exact) mass is 388 g/mol. The normalized spacial score (nSPS) is 24.8. The highest BCUT2D eigenvalue weighted by Gasteiger charge is 2.47. The van der Waals surface area contributed by atoms with Crippen LogP contribution in [0.5, 0.6) is 0 Å². The van der Waals surface area contributed by atoms with Crippen molar-refractivity contribution < 1.29 is 13.2 Å². The number of hydrogen-bond acceptors (Lipinski definition) is 5. The van der Waals surface area contributed by atoms with E-state index in [0.717, 1.165) is 17.1 Å². The summed E-state index contributed by atoms with van der Waals surface area (Å²) in [7, 11) is -1.17. The van der Waals surface area contributed by atoms with E-state index in [2.05, 4.69) is 10.00 Å². The molecule has 2 aliphatic rings. The van der Waals surface area contributed by atoms with Crippen molar-refractivity contribution >= 4 is 15.7 Å². The quantitative estimate of drug-likeness (QED) is 0.769. The molecule has 3 heterocycles. The number of rotatable bonds is 2. The lowest BCUT2D eigenvalue weighted by Crippen LogP contribution is -2.59. The van der Waals surface area contributed by atoms with Crippen LogP contribution in [0, 0.1) is 13.8 Å². The van der Waals surface area contributed by atoms with Crippen molar-refractivity contribution in [2.24, 2.45) is 0 Å². The van der Waals surface area contributed by atoms with Gasteiger partial charge in [-0.05, 0) is 51.2 Å². The van der Waals surface area contributed by atoms with Gasteiger partial charge in [-0.2, -0.15) is 5.10 Å². The van der Waals surface area contributed by atoms with Crippen LogP contribution in [0.1, 0.15) is 21.7 Å². The molecule has 0 bridgehead atoms. The van der Waals surface area contributed by atoms with Gasteiger partial charge in [0.1, 0.15) is 0 Å². The summed E-state index contributed by atoms with van der Waals surface area (Å²) in [6.07, 6.45) is 0. The molecule has 0 N–H and O–H groups in total. The number of piperazine rings is 1. The molecule has 0 aliphatic carbocycles. The van der Waals surface area contributed by atoms with E-state index in [1.54, 1.807) is 17.0 Å². The van der Waals surface area contributed by atoms with Crippen LogP contribution >= 0.6 is 0 Å². The van der Waals surface area contributed by atoms with Crippen molar-refractivity contribution in [3.05, 3.63) is 47.3 Å². The van der Waals surface area contributed by atoms with Gasteiger partial charge in [0.25, 0.3) is 5.91 Å². The minimum Gasteiger partial charge on any atom is -0.332 e. The van der Waals surface area contributed by atoms with Crippen LogP contribution < -0.4 is 0 Å². The van der Waals surface area contributed by atoms with Gasteiger partial charge in [-0.3, -0.25) is 9.69 Å². The fourth-order valence-electron chi connectivity index (χ4n) is 4.18. The van der Waals surface area contributed by atoms with Crippen LogP contribution in [-0.4, -0.2) is 77.6 Å². The smallest absolute Gasteiger partial charge is 0.254 e. The molecule has 1 aromatic carbocycles. The third kappa shape index (κ3) is 3.27. The van der Waals surface area contributed by atoms with E-state index in [4.69, 9.17) is 0 Å². The first-order valence-electron chi connectivity index (χ1n) is 9.10. The van der Waals surface area contributed by atoms with Crippen LogP contribution in [0.2, 0.25) is 0 Å². The Labute approximate surface area is 159 Å². The number of amides is 1. The van der Waals surface area contributed by atoms with E-state index in [-0.39, 0.29) is 29.5 Å². The van der Waals surface area contributed by atoms with E-state index in [1.807, 2.05) is 43.8 Å². The predicted molar refractivity (Wildman–Crippen MR) is 103 cm³/mol. The summed E-state index contributed by atoms with van der Waals surface area (Å²) in [5.41, 5.74) is 3.45. The van der Waals surface area contributed by atoms with Gasteiger partial charge in [0.05, 0.1) is 28.9 Å². The Bertz CT molecular complexity index is 981. The van der Waals surface area contributed by atoms with Crippen molar-refractivity contribution in [3.8, 4) is 5.69 Å². The number of carbonyl (C=O) groups excluding carboxylic acids is 1. The van der Waals surface area contributed by atoms with Crippen molar-refractivity contribution in [3.63, 3.8) is 0 Å². The molecule has 0 spiro atoms. The number of fused-ring (bicyclic) bond motifs is 1. The summed E-state index contributed by atoms with van der Waals surface area (Å²) in [5, 5.41) is 4.46. The number of nitrogens with zero attached hydrogens (tertiary/aromatic N) is 4. The maximum Gasteiger partial charge on any atom is 0.254 e. The molecule has 2 saturated heterocycles. The first-order chi connectivity index (χ1) is 12.7. The largest absolute Gasteiger partial charge is 0.332 e. The van der Waals surface area contributed by atoms with Gasteiger partial charge < -0.3 is 4.90 Å². The van der Waals surface area contributed by atoms with Gasteiger partial charge in [-0.1, -0.05) is 0 Å². The molecule has 2 aliphatic heterocycles. The summed E-state index contributed by atoms with van der Waals surface area (Å²) in [6.45, 7) is 5.17. The standard InChI is InChI=1S/C19H24N4O3S/c1-13-10-14(2)23(20-13)16-6-4-15(5-7-16)19(24)22-9-8-21(3)17-11-27(25,26)12-18(17)22/h4-7,10,17-18H,8-9,11-12H2,1-3H3/t17-,18+/m1/s1. The van der Waals surface area contributed by atoms with Crippen LogP contribution in [0.15, 0.2) is 30.3 Å². The maximum absolute atomic E-state index is 13.1. The Balaban J connectivity index is 1.58. The molecule has 7 nitrogen and oxygen atoms in total. The number of aromatic nitrogens is 2. The Kier molecular flexibility index (Phi) is 4.35. The van der Waals surface area contributed by atoms with Crippen molar-refractivity contribution in [1.29, 1.82) is 0 Å². The molecule has 4 rings (SSSR count). The van der Waals surface area contributed by atoms with Gasteiger partial charge in [0.15, 0.2) is 9.84 Å². The zero-order valence-corrected chi connectivity index (χ0v) is 16.6. The Morgan fingerprint density at radius 2 is 1.74 bits per heavy atom. The fourth-order valence-corrected chi connectivity index (χ4v) is 6.24. The van der Waals surface area contributed by atoms with Crippen molar-refractivity contribution in [2.45, 2.75) is 25.9 Å². The summed E-state index contributed by atoms with van der Waals surface area (Å²) in [4.78, 5) is 16.9. The topological polar surface area (TPSA) is 75.5 Å². The highest BCUT2D eigenvalue weighted by atomic mass is 32.2. The molecule has 1 amide bonds. The molecule has 27 heavy (non-hydrogen) atoms. The lowest BCUT2D eigenvalue weighted by atomic mass is 10.0. The van der Waals surface area contributed by atoms with E-state index < -0.39 is 9.84 Å². The van der Waals surface area contributed by atoms with E-state index in [9.17, 15) is 13.2 Å². The zero-order valence-electron chi connectivity index (χ0n) is 15.8. The first kappa shape index (κ1) is 18.2. The van der Waals surface area contributed by atoms with Crippen LogP contribution in [-0.2, 0) is 9.84 Å². The third-order valence-electron chi connectivity index (χ3n) is 5.58. The molecule has 0 saturated carbocycles. The number of hydrogen-bond donors (Lipinski definition) is 0. The molecule has 2 atom stereocenters. The van der Waals surface area contributed by atoms with Gasteiger partial charge in [-0.15, -0.1) is 0 Å². The lowest BCUT2D eigenvalue weighted by Gasteiger charge is -2.42. The molecule has 8 heteroatoms. The number of sulfone groups is 1. The predicted octanol–water partition coefficient (Wildman–Crippen LogP) is 1.04. The molecule has 2 fully saturated rings. The minimum atomic E-state index is -3.10. The first-order valence-corrected chi connectivity index (χ1v) is 10.9. The Morgan fingerprint density at radius 1 is 1.07 bits per heavy atom. The minimum absolute atomic E-state index is 0.0532. The van der Waals surface area contributed by atoms with Crippen LogP contribution in [0.3, 0.4) is 0 Å². The summed E-state index contributed by atoms with van der Waals surface area (Å²) in [6, 6.07) is 8.98. The van der Waals surface area contributed by atoms with Crippen molar-refractivity contribution in [2.75, 3.05) is 31.6 Å². The third-order valence-corrected chi connectivity index (χ3v) is 7.28. The van der Waals surface area contributed by atoms with Gasteiger partial charge in [0.2, 0.25) is 0 Å². The van der Waals surface area contributed by atoms with E-state index in [0.29, 0.717) is 18.7 Å². The van der Waals surface area contributed by atoms with Gasteiger partial charge >= 0.3 is 0 Å². The maximum atomic E-state index is 13.1. The number of carbonyl (C=O) groups is 1. The second kappa shape index (κ2) is 6.45. The molecule has 2 aromatic rings. The van der Waals surface area contributed by atoms with E-state index >= 15 is 0 Å². The second-order valence-electron chi connectivity index (χ2n) is 7.58. The molecule has 0 radical (unpaired) electrons. The number of likely N-dealkylation sites (N-methyl/N-ethyl adjacent to an activating group) is 1. The highest BCUT2D eigenvalue weighted by molar-refractivity contribution is 7.91. The van der Waals surface area contributed by atoms with E-state index in [1.165, 1.54) is 0 Å². The lowest BCUT2D eigenvalue weighted by molar-refractivity contribution is 0.0410. The second-order valence-corrected chi connectivity index (χ2v) is 9.73. The van der Waals surface area contributed by atoms with Gasteiger partial charge in [-0.25, -0.2) is 13.1 Å². The van der Waals surface area contributed by atoms with Crippen LogP contribution in [0.25, 0.3) is 5.69 Å². The summed E-state index contributed by atoms with van der Waals surface area (Å²) >= 11 is 0. The highest BCUT2D eigenvalue weighted by Crippen LogP contribution is 2.27. The number of benzene rings is 1. The Hall–Kier alpha value is -2.19. The van der Waals surface area contributed by atoms with Crippen molar-refractivity contribution in [1.82, 2.24) is 19.6 Å². The summed E-state index contributed by atoms with van der Waals surface area (Å²) < 4.78 is 26.1. The molecule has 1 aromatic heterocycles. The summed E-state index contributed by atoms with van der Waals surface area (Å²) in [5.74, 6) is 0.0852. The van der Waals surface area contributed by atoms with Gasteiger partial charge in [0, 0.05) is 30.4 Å².